The van der Waals surface area contributed by atoms with Crippen molar-refractivity contribution in [3.63, 3.8) is 0 Å². The van der Waals surface area contributed by atoms with E-state index in [4.69, 9.17) is 16.3 Å². The molecule has 2 aromatic rings. The molecule has 1 aliphatic rings. The largest absolute Gasteiger partial charge is 0.496 e. The van der Waals surface area contributed by atoms with Crippen molar-refractivity contribution in [1.29, 1.82) is 0 Å². The summed E-state index contributed by atoms with van der Waals surface area (Å²) in [5, 5.41) is 3.29. The van der Waals surface area contributed by atoms with Gasteiger partial charge in [-0.15, -0.1) is 0 Å². The van der Waals surface area contributed by atoms with Gasteiger partial charge >= 0.3 is 6.03 Å². The molecular weight excluding hydrogens is 376 g/mol. The number of nitrogens with one attached hydrogen (secondary N) is 1. The highest BCUT2D eigenvalue weighted by Gasteiger charge is 2.33. The van der Waals surface area contributed by atoms with Crippen LogP contribution in [0.5, 0.6) is 5.75 Å². The third-order valence-corrected chi connectivity index (χ3v) is 5.01. The van der Waals surface area contributed by atoms with E-state index in [-0.39, 0.29) is 24.1 Å². The predicted octanol–water partition coefficient (Wildman–Crippen LogP) is 4.87. The van der Waals surface area contributed by atoms with Gasteiger partial charge in [0.1, 0.15) is 11.4 Å². The Hall–Kier alpha value is -2.79. The minimum atomic E-state index is -0.429. The number of hydrogen-bond donors (Lipinski definition) is 1. The maximum Gasteiger partial charge on any atom is 0.329 e. The lowest BCUT2D eigenvalue weighted by Crippen LogP contribution is -2.30. The molecule has 6 heteroatoms. The molecular formula is C22H23ClN2O3. The number of carbonyl (C=O) groups excluding carboxylic acids is 2. The van der Waals surface area contributed by atoms with Crippen LogP contribution in [0.2, 0.25) is 5.02 Å². The van der Waals surface area contributed by atoms with E-state index in [1.54, 1.807) is 37.5 Å². The zero-order chi connectivity index (χ0) is 20.4. The molecule has 1 fully saturated rings. The monoisotopic (exact) mass is 398 g/mol. The molecule has 1 saturated heterocycles. The fraction of sp³-hybridized carbons (Fsp3) is 0.273. The quantitative estimate of drug-likeness (QED) is 0.577. The number of rotatable bonds is 5. The fourth-order valence-electron chi connectivity index (χ4n) is 3.14. The van der Waals surface area contributed by atoms with Crippen LogP contribution in [0.4, 0.5) is 4.79 Å². The molecule has 0 radical (unpaired) electrons. The second kappa shape index (κ2) is 8.07. The third kappa shape index (κ3) is 4.04. The molecule has 0 spiro atoms. The highest BCUT2D eigenvalue weighted by molar-refractivity contribution is 6.30. The average Bonchev–Trinajstić information content (AvgIpc) is 2.92. The summed E-state index contributed by atoms with van der Waals surface area (Å²) < 4.78 is 5.47. The van der Waals surface area contributed by atoms with Crippen LogP contribution in [0.15, 0.2) is 42.1 Å². The summed E-state index contributed by atoms with van der Waals surface area (Å²) in [5.74, 6) is 0.741. The first kappa shape index (κ1) is 20.0. The van der Waals surface area contributed by atoms with Gasteiger partial charge in [-0.3, -0.25) is 9.69 Å². The Kier molecular flexibility index (Phi) is 5.75. The lowest BCUT2D eigenvalue weighted by atomic mass is 9.96. The Balaban J connectivity index is 1.89. The van der Waals surface area contributed by atoms with Crippen molar-refractivity contribution in [2.75, 3.05) is 7.11 Å². The van der Waals surface area contributed by atoms with E-state index in [2.05, 4.69) is 19.2 Å². The summed E-state index contributed by atoms with van der Waals surface area (Å²) in [6, 6.07) is 10.6. The molecule has 3 rings (SSSR count). The number of benzene rings is 2. The maximum absolute atomic E-state index is 12.8. The van der Waals surface area contributed by atoms with Crippen molar-refractivity contribution in [2.45, 2.75) is 33.2 Å². The molecule has 1 aliphatic heterocycles. The second-order valence-electron chi connectivity index (χ2n) is 7.11. The van der Waals surface area contributed by atoms with E-state index in [1.165, 1.54) is 4.90 Å². The van der Waals surface area contributed by atoms with Crippen molar-refractivity contribution in [3.05, 3.63) is 69.4 Å². The van der Waals surface area contributed by atoms with E-state index in [1.807, 2.05) is 19.1 Å². The summed E-state index contributed by atoms with van der Waals surface area (Å²) >= 11 is 5.89. The first-order valence-electron chi connectivity index (χ1n) is 9.07. The van der Waals surface area contributed by atoms with Gasteiger partial charge in [0, 0.05) is 5.02 Å². The van der Waals surface area contributed by atoms with E-state index in [0.717, 1.165) is 28.0 Å². The second-order valence-corrected chi connectivity index (χ2v) is 7.55. The van der Waals surface area contributed by atoms with Crippen LogP contribution in [-0.4, -0.2) is 23.9 Å². The van der Waals surface area contributed by atoms with Crippen molar-refractivity contribution in [3.8, 4) is 5.75 Å². The number of hydrogen-bond acceptors (Lipinski definition) is 3. The SMILES string of the molecule is COc1cc(C)c(C=C2NC(=O)N(Cc3ccc(Cl)cc3)C2=O)cc1C(C)C. The highest BCUT2D eigenvalue weighted by Crippen LogP contribution is 2.31. The number of carbonyl (C=O) groups is 2. The van der Waals surface area contributed by atoms with Crippen LogP contribution in [0.25, 0.3) is 6.08 Å². The normalized spacial score (nSPS) is 15.5. The Morgan fingerprint density at radius 3 is 2.46 bits per heavy atom. The molecule has 1 N–H and O–H groups in total. The molecule has 3 amide bonds. The summed E-state index contributed by atoms with van der Waals surface area (Å²) in [4.78, 5) is 26.3. The molecule has 0 aliphatic carbocycles. The fourth-order valence-corrected chi connectivity index (χ4v) is 3.27. The van der Waals surface area contributed by atoms with Gasteiger partial charge in [0.05, 0.1) is 13.7 Å². The number of aryl methyl sites for hydroxylation is 1. The van der Waals surface area contributed by atoms with Crippen LogP contribution in [-0.2, 0) is 11.3 Å². The lowest BCUT2D eigenvalue weighted by Gasteiger charge is -2.15. The highest BCUT2D eigenvalue weighted by atomic mass is 35.5. The molecule has 0 atom stereocenters. The Bertz CT molecular complexity index is 949. The van der Waals surface area contributed by atoms with Crippen molar-refractivity contribution in [2.24, 2.45) is 0 Å². The van der Waals surface area contributed by atoms with Crippen LogP contribution < -0.4 is 10.1 Å². The zero-order valence-corrected chi connectivity index (χ0v) is 17.1. The van der Waals surface area contributed by atoms with Gasteiger partial charge in [0.2, 0.25) is 0 Å². The van der Waals surface area contributed by atoms with E-state index < -0.39 is 6.03 Å². The molecule has 2 aromatic carbocycles. The Morgan fingerprint density at radius 1 is 1.18 bits per heavy atom. The number of urea groups is 1. The molecule has 1 heterocycles. The summed E-state index contributed by atoms with van der Waals surface area (Å²) in [5.41, 5.74) is 3.99. The predicted molar refractivity (Wildman–Crippen MR) is 110 cm³/mol. The van der Waals surface area contributed by atoms with Crippen LogP contribution >= 0.6 is 11.6 Å². The molecule has 146 valence electrons. The topological polar surface area (TPSA) is 58.6 Å². The molecule has 28 heavy (non-hydrogen) atoms. The minimum absolute atomic E-state index is 0.192. The van der Waals surface area contributed by atoms with E-state index >= 15 is 0 Å². The van der Waals surface area contributed by atoms with E-state index in [9.17, 15) is 9.59 Å². The molecule has 5 nitrogen and oxygen atoms in total. The van der Waals surface area contributed by atoms with Gasteiger partial charge in [-0.2, -0.15) is 0 Å². The number of nitrogens with zero attached hydrogens (tertiary/aromatic N) is 1. The van der Waals surface area contributed by atoms with Gasteiger partial charge in [-0.05, 0) is 65.4 Å². The first-order chi connectivity index (χ1) is 13.3. The molecule has 0 saturated carbocycles. The summed E-state index contributed by atoms with van der Waals surface area (Å²) in [6.45, 7) is 6.31. The standard InChI is InChI=1S/C22H23ClN2O3/c1-13(2)18-10-16(14(3)9-20(18)28-4)11-19-21(26)25(22(27)24-19)12-15-5-7-17(23)8-6-15/h5-11,13H,12H2,1-4H3,(H,24,27). The maximum atomic E-state index is 12.8. The summed E-state index contributed by atoms with van der Waals surface area (Å²) in [6.07, 6.45) is 1.72. The van der Waals surface area contributed by atoms with Crippen molar-refractivity contribution in [1.82, 2.24) is 10.2 Å². The van der Waals surface area contributed by atoms with E-state index in [0.29, 0.717) is 5.02 Å². The van der Waals surface area contributed by atoms with Gasteiger partial charge in [-0.25, -0.2) is 4.79 Å². The van der Waals surface area contributed by atoms with Crippen molar-refractivity contribution < 1.29 is 14.3 Å². The third-order valence-electron chi connectivity index (χ3n) is 4.76. The lowest BCUT2D eigenvalue weighted by molar-refractivity contribution is -0.123. The Morgan fingerprint density at radius 2 is 1.86 bits per heavy atom. The number of ether oxygens (including phenoxy) is 1. The smallest absolute Gasteiger partial charge is 0.329 e. The van der Waals surface area contributed by atoms with Gasteiger partial charge in [0.15, 0.2) is 0 Å². The minimum Gasteiger partial charge on any atom is -0.496 e. The zero-order valence-electron chi connectivity index (χ0n) is 16.4. The molecule has 0 aromatic heterocycles. The number of methoxy groups -OCH3 is 1. The van der Waals surface area contributed by atoms with Gasteiger partial charge < -0.3 is 10.1 Å². The van der Waals surface area contributed by atoms with Gasteiger partial charge in [-0.1, -0.05) is 37.6 Å². The van der Waals surface area contributed by atoms with Crippen molar-refractivity contribution >= 4 is 29.6 Å². The number of imide groups is 1. The average molecular weight is 399 g/mol. The van der Waals surface area contributed by atoms with Crippen LogP contribution in [0.3, 0.4) is 0 Å². The first-order valence-corrected chi connectivity index (χ1v) is 9.45. The Labute approximate surface area is 169 Å². The molecule has 0 unspecified atom stereocenters. The number of halogens is 1. The number of amides is 3. The van der Waals surface area contributed by atoms with Crippen LogP contribution in [0, 0.1) is 6.92 Å². The summed E-state index contributed by atoms with van der Waals surface area (Å²) in [7, 11) is 1.65. The van der Waals surface area contributed by atoms with Crippen LogP contribution in [0.1, 0.15) is 42.0 Å². The molecule has 0 bridgehead atoms. The van der Waals surface area contributed by atoms with Gasteiger partial charge in [0.25, 0.3) is 5.91 Å².